The largest absolute Gasteiger partial charge is 0.198 e. The minimum atomic E-state index is 0. The average molecular weight is 194 g/mol. The molecule has 1 aromatic carbocycles. The van der Waals surface area contributed by atoms with Crippen molar-refractivity contribution in [2.45, 2.75) is 6.92 Å². The van der Waals surface area contributed by atoms with E-state index in [1.165, 1.54) is 0 Å². The third-order valence-electron chi connectivity index (χ3n) is 1.49. The lowest BCUT2D eigenvalue weighted by Crippen LogP contribution is -2.06. The summed E-state index contributed by atoms with van der Waals surface area (Å²) in [6.07, 6.45) is 3.52. The molecule has 1 rings (SSSR count). The predicted octanol–water partition coefficient (Wildman–Crippen LogP) is 2.19. The first-order valence-corrected chi connectivity index (χ1v) is 3.44. The molecule has 3 nitrogen and oxygen atoms in total. The van der Waals surface area contributed by atoms with E-state index in [1.54, 1.807) is 24.5 Å². The van der Waals surface area contributed by atoms with E-state index in [-0.39, 0.29) is 12.4 Å². The van der Waals surface area contributed by atoms with Gasteiger partial charge in [-0.25, -0.2) is 0 Å². The van der Waals surface area contributed by atoms with Crippen LogP contribution in [0.3, 0.4) is 0 Å². The van der Waals surface area contributed by atoms with Gasteiger partial charge in [0, 0.05) is 0 Å². The molecule has 0 amide bonds. The van der Waals surface area contributed by atoms with E-state index in [2.05, 4.69) is 0 Å². The molecule has 4 heteroatoms. The van der Waals surface area contributed by atoms with Crippen LogP contribution >= 0.6 is 12.4 Å². The summed E-state index contributed by atoms with van der Waals surface area (Å²) in [5.41, 5.74) is 1.71. The van der Waals surface area contributed by atoms with Gasteiger partial charge in [-0.05, 0) is 19.1 Å². The monoisotopic (exact) mass is 193 g/mol. The molecule has 0 aliphatic carbocycles. The highest BCUT2D eigenvalue weighted by Crippen LogP contribution is 2.12. The third-order valence-corrected chi connectivity index (χ3v) is 1.49. The predicted molar refractivity (Wildman–Crippen MR) is 52.1 cm³/mol. The molecule has 13 heavy (non-hydrogen) atoms. The quantitative estimate of drug-likeness (QED) is 0.508. The molecule has 0 saturated heterocycles. The van der Waals surface area contributed by atoms with Crippen LogP contribution in [0.15, 0.2) is 24.3 Å². The Morgan fingerprint density at radius 2 is 1.54 bits per heavy atom. The van der Waals surface area contributed by atoms with Gasteiger partial charge in [0.25, 0.3) is 0 Å². The third kappa shape index (κ3) is 2.66. The molecule has 0 bridgehead atoms. The fourth-order valence-electron chi connectivity index (χ4n) is 0.832. The molecule has 0 unspecified atom stereocenters. The second-order valence-electron chi connectivity index (χ2n) is 2.37. The Kier molecular flexibility index (Phi) is 4.37. The average Bonchev–Trinajstić information content (AvgIpc) is 2.10. The van der Waals surface area contributed by atoms with Crippen LogP contribution in [0.25, 0.3) is 0 Å². The van der Waals surface area contributed by atoms with Gasteiger partial charge in [-0.15, -0.1) is 12.4 Å². The minimum Gasteiger partial charge on any atom is -0.183 e. The summed E-state index contributed by atoms with van der Waals surface area (Å²) in [4.78, 5) is 0.958. The van der Waals surface area contributed by atoms with Crippen LogP contribution in [0, 0.1) is 29.8 Å². The van der Waals surface area contributed by atoms with Crippen molar-refractivity contribution in [1.82, 2.24) is 0 Å². The molecule has 0 spiro atoms. The number of aryl methyl sites for hydroxylation is 1. The lowest BCUT2D eigenvalue weighted by Gasteiger charge is -2.03. The maximum absolute atomic E-state index is 8.50. The SMILES string of the molecule is Cc1ccc(N(C#N)C#N)cc1.Cl. The Morgan fingerprint density at radius 3 is 1.92 bits per heavy atom. The van der Waals surface area contributed by atoms with E-state index in [0.29, 0.717) is 5.69 Å². The summed E-state index contributed by atoms with van der Waals surface area (Å²) in [7, 11) is 0. The van der Waals surface area contributed by atoms with Gasteiger partial charge in [-0.1, -0.05) is 17.7 Å². The smallest absolute Gasteiger partial charge is 0.183 e. The molecule has 0 aliphatic heterocycles. The van der Waals surface area contributed by atoms with Crippen molar-refractivity contribution in [1.29, 1.82) is 10.5 Å². The first kappa shape index (κ1) is 11.3. The second kappa shape index (κ2) is 5.03. The van der Waals surface area contributed by atoms with Gasteiger partial charge < -0.3 is 0 Å². The Balaban J connectivity index is 0.00000144. The van der Waals surface area contributed by atoms with Crippen molar-refractivity contribution < 1.29 is 0 Å². The summed E-state index contributed by atoms with van der Waals surface area (Å²) in [6, 6.07) is 7.19. The standard InChI is InChI=1S/C9H7N3.ClH/c1-8-2-4-9(5-3-8)12(6-10)7-11;/h2-5H,1H3;1H. The summed E-state index contributed by atoms with van der Waals surface area (Å²) in [5, 5.41) is 17.0. The Bertz CT molecular complexity index is 331. The summed E-state index contributed by atoms with van der Waals surface area (Å²) in [5.74, 6) is 0. The van der Waals surface area contributed by atoms with Crippen molar-refractivity contribution in [2.24, 2.45) is 0 Å². The summed E-state index contributed by atoms with van der Waals surface area (Å²) >= 11 is 0. The van der Waals surface area contributed by atoms with Gasteiger partial charge in [0.2, 0.25) is 0 Å². The molecule has 1 aromatic rings. The molecule has 0 heterocycles. The normalized spacial score (nSPS) is 7.62. The number of nitriles is 2. The molecule has 0 aliphatic rings. The molecule has 0 atom stereocenters. The second-order valence-corrected chi connectivity index (χ2v) is 2.37. The number of nitrogens with zero attached hydrogens (tertiary/aromatic N) is 3. The zero-order valence-electron chi connectivity index (χ0n) is 7.06. The molecule has 0 radical (unpaired) electrons. The van der Waals surface area contributed by atoms with Crippen LogP contribution in [-0.2, 0) is 0 Å². The molecule has 66 valence electrons. The van der Waals surface area contributed by atoms with Gasteiger partial charge in [0.05, 0.1) is 5.69 Å². The number of rotatable bonds is 1. The van der Waals surface area contributed by atoms with E-state index < -0.39 is 0 Å². The zero-order chi connectivity index (χ0) is 8.97. The van der Waals surface area contributed by atoms with Crippen LogP contribution in [-0.4, -0.2) is 0 Å². The van der Waals surface area contributed by atoms with E-state index in [0.717, 1.165) is 10.5 Å². The highest BCUT2D eigenvalue weighted by atomic mass is 35.5. The van der Waals surface area contributed by atoms with Gasteiger partial charge in [-0.3, -0.25) is 0 Å². The number of halogens is 1. The Hall–Kier alpha value is -1.71. The summed E-state index contributed by atoms with van der Waals surface area (Å²) in [6.45, 7) is 1.95. The Morgan fingerprint density at radius 1 is 1.08 bits per heavy atom. The van der Waals surface area contributed by atoms with Crippen molar-refractivity contribution in [2.75, 3.05) is 4.90 Å². The van der Waals surface area contributed by atoms with Gasteiger partial charge in [0.1, 0.15) is 0 Å². The van der Waals surface area contributed by atoms with E-state index in [1.807, 2.05) is 19.1 Å². The maximum atomic E-state index is 8.50. The lowest BCUT2D eigenvalue weighted by molar-refractivity contribution is 1.26. The first-order valence-electron chi connectivity index (χ1n) is 3.44. The lowest BCUT2D eigenvalue weighted by atomic mass is 10.2. The fraction of sp³-hybridized carbons (Fsp3) is 0.111. The van der Waals surface area contributed by atoms with Crippen molar-refractivity contribution >= 4 is 18.1 Å². The number of benzene rings is 1. The first-order chi connectivity index (χ1) is 5.77. The van der Waals surface area contributed by atoms with E-state index in [9.17, 15) is 0 Å². The van der Waals surface area contributed by atoms with Crippen LogP contribution < -0.4 is 4.90 Å². The topological polar surface area (TPSA) is 50.8 Å². The molecule has 0 fully saturated rings. The van der Waals surface area contributed by atoms with Crippen LogP contribution in [0.1, 0.15) is 5.56 Å². The molecule has 0 aromatic heterocycles. The van der Waals surface area contributed by atoms with E-state index >= 15 is 0 Å². The maximum Gasteiger partial charge on any atom is 0.198 e. The Labute approximate surface area is 83.2 Å². The number of hydrogen-bond acceptors (Lipinski definition) is 3. The highest BCUT2D eigenvalue weighted by molar-refractivity contribution is 5.85. The highest BCUT2D eigenvalue weighted by Gasteiger charge is 2.01. The van der Waals surface area contributed by atoms with Crippen LogP contribution in [0.4, 0.5) is 5.69 Å². The molecular formula is C9H8ClN3. The molecule has 0 saturated carbocycles. The van der Waals surface area contributed by atoms with Gasteiger partial charge in [0.15, 0.2) is 12.4 Å². The zero-order valence-corrected chi connectivity index (χ0v) is 7.88. The number of hydrogen-bond donors (Lipinski definition) is 0. The summed E-state index contributed by atoms with van der Waals surface area (Å²) < 4.78 is 0. The van der Waals surface area contributed by atoms with Crippen LogP contribution in [0.2, 0.25) is 0 Å². The molecule has 0 N–H and O–H groups in total. The number of anilines is 1. The molecular weight excluding hydrogens is 186 g/mol. The fourth-order valence-corrected chi connectivity index (χ4v) is 0.832. The van der Waals surface area contributed by atoms with Crippen LogP contribution in [0.5, 0.6) is 0 Å². The minimum absolute atomic E-state index is 0. The van der Waals surface area contributed by atoms with Crippen molar-refractivity contribution in [3.63, 3.8) is 0 Å². The van der Waals surface area contributed by atoms with Crippen molar-refractivity contribution in [3.05, 3.63) is 29.8 Å². The van der Waals surface area contributed by atoms with Gasteiger partial charge in [-0.2, -0.15) is 15.4 Å². The van der Waals surface area contributed by atoms with Gasteiger partial charge >= 0.3 is 0 Å². The van der Waals surface area contributed by atoms with E-state index in [4.69, 9.17) is 10.5 Å². The van der Waals surface area contributed by atoms with Crippen molar-refractivity contribution in [3.8, 4) is 12.4 Å².